The zero-order valence-corrected chi connectivity index (χ0v) is 12.4. The SMILES string of the molecule is O=C(CSc1ccc(Br)cc1)NCC1(O)CCC1. The van der Waals surface area contributed by atoms with Crippen LogP contribution in [0.15, 0.2) is 33.6 Å². The standard InChI is InChI=1S/C13H16BrNO2S/c14-10-2-4-11(5-3-10)18-8-12(16)15-9-13(17)6-1-7-13/h2-5,17H,1,6-9H2,(H,15,16). The Kier molecular flexibility index (Phi) is 4.70. The van der Waals surface area contributed by atoms with Gasteiger partial charge in [-0.1, -0.05) is 15.9 Å². The first-order valence-corrected chi connectivity index (χ1v) is 7.73. The van der Waals surface area contributed by atoms with Gasteiger partial charge in [-0.05, 0) is 43.5 Å². The van der Waals surface area contributed by atoms with Gasteiger partial charge in [-0.3, -0.25) is 4.79 Å². The molecule has 1 aliphatic carbocycles. The molecular weight excluding hydrogens is 314 g/mol. The molecule has 98 valence electrons. The van der Waals surface area contributed by atoms with E-state index >= 15 is 0 Å². The van der Waals surface area contributed by atoms with E-state index in [4.69, 9.17) is 0 Å². The van der Waals surface area contributed by atoms with Gasteiger partial charge in [0.05, 0.1) is 11.4 Å². The highest BCUT2D eigenvalue weighted by Gasteiger charge is 2.34. The van der Waals surface area contributed by atoms with E-state index in [1.54, 1.807) is 0 Å². The molecule has 1 aromatic rings. The van der Waals surface area contributed by atoms with Crippen molar-refractivity contribution in [1.29, 1.82) is 0 Å². The van der Waals surface area contributed by atoms with Crippen LogP contribution in [0.1, 0.15) is 19.3 Å². The first-order chi connectivity index (χ1) is 8.57. The maximum Gasteiger partial charge on any atom is 0.230 e. The van der Waals surface area contributed by atoms with Gasteiger partial charge in [0.25, 0.3) is 0 Å². The maximum atomic E-state index is 11.6. The predicted octanol–water partition coefficient (Wildman–Crippen LogP) is 2.57. The summed E-state index contributed by atoms with van der Waals surface area (Å²) in [5, 5.41) is 12.6. The van der Waals surface area contributed by atoms with Crippen LogP contribution in [-0.2, 0) is 4.79 Å². The summed E-state index contributed by atoms with van der Waals surface area (Å²) in [6.45, 7) is 0.382. The number of halogens is 1. The number of aliphatic hydroxyl groups is 1. The number of carbonyl (C=O) groups is 1. The molecule has 1 fully saturated rings. The fourth-order valence-electron chi connectivity index (χ4n) is 1.76. The van der Waals surface area contributed by atoms with Gasteiger partial charge in [0, 0.05) is 15.9 Å². The van der Waals surface area contributed by atoms with Crippen LogP contribution in [-0.4, -0.2) is 28.9 Å². The number of carbonyl (C=O) groups excluding carboxylic acids is 1. The minimum absolute atomic E-state index is 0.0248. The summed E-state index contributed by atoms with van der Waals surface area (Å²) < 4.78 is 1.03. The van der Waals surface area contributed by atoms with E-state index in [0.717, 1.165) is 28.6 Å². The molecule has 0 atom stereocenters. The summed E-state index contributed by atoms with van der Waals surface area (Å²) in [4.78, 5) is 12.7. The lowest BCUT2D eigenvalue weighted by Gasteiger charge is -2.36. The van der Waals surface area contributed by atoms with Crippen molar-refractivity contribution in [2.45, 2.75) is 29.8 Å². The third kappa shape index (κ3) is 4.00. The first-order valence-electron chi connectivity index (χ1n) is 5.95. The Morgan fingerprint density at radius 1 is 1.39 bits per heavy atom. The predicted molar refractivity (Wildman–Crippen MR) is 76.7 cm³/mol. The Bertz CT molecular complexity index is 418. The van der Waals surface area contributed by atoms with E-state index in [1.807, 2.05) is 24.3 Å². The van der Waals surface area contributed by atoms with E-state index in [9.17, 15) is 9.90 Å². The molecule has 1 aliphatic rings. The summed E-state index contributed by atoms with van der Waals surface area (Å²) in [7, 11) is 0. The highest BCUT2D eigenvalue weighted by atomic mass is 79.9. The van der Waals surface area contributed by atoms with Crippen LogP contribution < -0.4 is 5.32 Å². The smallest absolute Gasteiger partial charge is 0.230 e. The monoisotopic (exact) mass is 329 g/mol. The Labute approximate surface area is 119 Å². The third-order valence-corrected chi connectivity index (χ3v) is 4.62. The second kappa shape index (κ2) is 6.08. The van der Waals surface area contributed by atoms with Gasteiger partial charge in [-0.2, -0.15) is 0 Å². The summed E-state index contributed by atoms with van der Waals surface area (Å²) in [6.07, 6.45) is 2.65. The number of amides is 1. The van der Waals surface area contributed by atoms with Crippen LogP contribution in [0.2, 0.25) is 0 Å². The quantitative estimate of drug-likeness (QED) is 0.816. The molecule has 18 heavy (non-hydrogen) atoms. The molecule has 3 nitrogen and oxygen atoms in total. The topological polar surface area (TPSA) is 49.3 Å². The van der Waals surface area contributed by atoms with Gasteiger partial charge < -0.3 is 10.4 Å². The van der Waals surface area contributed by atoms with E-state index in [-0.39, 0.29) is 5.91 Å². The van der Waals surface area contributed by atoms with Gasteiger partial charge in [-0.25, -0.2) is 0 Å². The molecule has 0 bridgehead atoms. The lowest BCUT2D eigenvalue weighted by Crippen LogP contribution is -2.48. The van der Waals surface area contributed by atoms with Gasteiger partial charge in [-0.15, -0.1) is 11.8 Å². The Morgan fingerprint density at radius 2 is 2.06 bits per heavy atom. The van der Waals surface area contributed by atoms with E-state index in [0.29, 0.717) is 12.3 Å². The number of thioether (sulfide) groups is 1. The van der Waals surface area contributed by atoms with Gasteiger partial charge in [0.1, 0.15) is 0 Å². The van der Waals surface area contributed by atoms with Gasteiger partial charge in [0.2, 0.25) is 5.91 Å². The van der Waals surface area contributed by atoms with Crippen LogP contribution in [0.25, 0.3) is 0 Å². The van der Waals surface area contributed by atoms with E-state index in [2.05, 4.69) is 21.2 Å². The van der Waals surface area contributed by atoms with Crippen molar-refractivity contribution in [3.05, 3.63) is 28.7 Å². The largest absolute Gasteiger partial charge is 0.388 e. The fraction of sp³-hybridized carbons (Fsp3) is 0.462. The molecule has 0 aliphatic heterocycles. The number of rotatable bonds is 5. The van der Waals surface area contributed by atoms with Crippen LogP contribution in [0.4, 0.5) is 0 Å². The van der Waals surface area contributed by atoms with E-state index in [1.165, 1.54) is 11.8 Å². The summed E-state index contributed by atoms with van der Waals surface area (Å²) >= 11 is 4.87. The Morgan fingerprint density at radius 3 is 2.61 bits per heavy atom. The zero-order valence-electron chi connectivity index (χ0n) is 9.99. The molecule has 2 N–H and O–H groups in total. The normalized spacial score (nSPS) is 17.0. The third-order valence-electron chi connectivity index (χ3n) is 3.08. The second-order valence-electron chi connectivity index (χ2n) is 4.60. The Balaban J connectivity index is 1.69. The lowest BCUT2D eigenvalue weighted by atomic mass is 9.80. The number of nitrogens with one attached hydrogen (secondary N) is 1. The molecule has 5 heteroatoms. The zero-order chi connectivity index (χ0) is 13.0. The Hall–Kier alpha value is -0.520. The van der Waals surface area contributed by atoms with Crippen LogP contribution in [0.5, 0.6) is 0 Å². The molecule has 1 amide bonds. The molecule has 2 rings (SSSR count). The summed E-state index contributed by atoms with van der Waals surface area (Å²) in [5.74, 6) is 0.362. The van der Waals surface area contributed by atoms with Crippen molar-refractivity contribution in [3.8, 4) is 0 Å². The van der Waals surface area contributed by atoms with Crippen molar-refractivity contribution >= 4 is 33.6 Å². The van der Waals surface area contributed by atoms with Crippen LogP contribution in [0.3, 0.4) is 0 Å². The molecular formula is C13H16BrNO2S. The molecule has 0 aromatic heterocycles. The summed E-state index contributed by atoms with van der Waals surface area (Å²) in [5.41, 5.74) is -0.641. The van der Waals surface area contributed by atoms with Crippen molar-refractivity contribution in [1.82, 2.24) is 5.32 Å². The molecule has 0 heterocycles. The van der Waals surface area contributed by atoms with Crippen LogP contribution >= 0.6 is 27.7 Å². The minimum Gasteiger partial charge on any atom is -0.388 e. The molecule has 0 unspecified atom stereocenters. The number of benzene rings is 1. The van der Waals surface area contributed by atoms with E-state index < -0.39 is 5.60 Å². The van der Waals surface area contributed by atoms with Crippen molar-refractivity contribution < 1.29 is 9.90 Å². The molecule has 0 radical (unpaired) electrons. The fourth-order valence-corrected chi connectivity index (χ4v) is 2.75. The minimum atomic E-state index is -0.641. The lowest BCUT2D eigenvalue weighted by molar-refractivity contribution is -0.121. The molecule has 0 saturated heterocycles. The van der Waals surface area contributed by atoms with Gasteiger partial charge in [0.15, 0.2) is 0 Å². The highest BCUT2D eigenvalue weighted by molar-refractivity contribution is 9.10. The van der Waals surface area contributed by atoms with Crippen molar-refractivity contribution in [3.63, 3.8) is 0 Å². The maximum absolute atomic E-state index is 11.6. The number of hydrogen-bond acceptors (Lipinski definition) is 3. The number of hydrogen-bond donors (Lipinski definition) is 2. The molecule has 0 spiro atoms. The summed E-state index contributed by atoms with van der Waals surface area (Å²) in [6, 6.07) is 7.86. The first kappa shape index (κ1) is 13.9. The van der Waals surface area contributed by atoms with Crippen molar-refractivity contribution in [2.75, 3.05) is 12.3 Å². The molecule has 1 aromatic carbocycles. The average Bonchev–Trinajstić information content (AvgIpc) is 2.33. The highest BCUT2D eigenvalue weighted by Crippen LogP contribution is 2.30. The van der Waals surface area contributed by atoms with Gasteiger partial charge >= 0.3 is 0 Å². The van der Waals surface area contributed by atoms with Crippen LogP contribution in [0, 0.1) is 0 Å². The second-order valence-corrected chi connectivity index (χ2v) is 6.56. The van der Waals surface area contributed by atoms with Crippen molar-refractivity contribution in [2.24, 2.45) is 0 Å². The molecule has 1 saturated carbocycles. The average molecular weight is 330 g/mol.